The molecule has 1 atom stereocenters. The first kappa shape index (κ1) is 12.5. The van der Waals surface area contributed by atoms with Gasteiger partial charge in [0.15, 0.2) is 0 Å². The molecule has 1 unspecified atom stereocenters. The van der Waals surface area contributed by atoms with Gasteiger partial charge in [-0.15, -0.1) is 0 Å². The fraction of sp³-hybridized carbons (Fsp3) is 0.500. The molecule has 1 aromatic carbocycles. The zero-order valence-corrected chi connectivity index (χ0v) is 10.8. The molecular formula is C12H17BrFN. The van der Waals surface area contributed by atoms with Crippen LogP contribution < -0.4 is 5.32 Å². The van der Waals surface area contributed by atoms with Gasteiger partial charge in [-0.1, -0.05) is 20.3 Å². The summed E-state index contributed by atoms with van der Waals surface area (Å²) in [6.07, 6.45) is 2.42. The van der Waals surface area contributed by atoms with Crippen LogP contribution in [0.2, 0.25) is 0 Å². The van der Waals surface area contributed by atoms with E-state index in [9.17, 15) is 4.39 Å². The number of anilines is 1. The summed E-state index contributed by atoms with van der Waals surface area (Å²) in [5.41, 5.74) is 0.958. The van der Waals surface area contributed by atoms with Gasteiger partial charge < -0.3 is 5.32 Å². The Labute approximate surface area is 99.2 Å². The van der Waals surface area contributed by atoms with E-state index in [0.29, 0.717) is 5.92 Å². The molecule has 15 heavy (non-hydrogen) atoms. The van der Waals surface area contributed by atoms with Crippen LogP contribution in [0.15, 0.2) is 22.7 Å². The molecule has 3 heteroatoms. The van der Waals surface area contributed by atoms with Gasteiger partial charge in [0, 0.05) is 16.7 Å². The topological polar surface area (TPSA) is 12.0 Å². The number of nitrogens with one attached hydrogen (secondary N) is 1. The van der Waals surface area contributed by atoms with Crippen molar-refractivity contribution in [1.82, 2.24) is 0 Å². The van der Waals surface area contributed by atoms with Crippen molar-refractivity contribution < 1.29 is 4.39 Å². The average molecular weight is 274 g/mol. The van der Waals surface area contributed by atoms with Crippen LogP contribution in [-0.4, -0.2) is 6.54 Å². The Morgan fingerprint density at radius 2 is 2.20 bits per heavy atom. The van der Waals surface area contributed by atoms with Crippen LogP contribution in [0.5, 0.6) is 0 Å². The Morgan fingerprint density at radius 1 is 1.47 bits per heavy atom. The molecule has 0 saturated heterocycles. The molecule has 0 aliphatic rings. The quantitative estimate of drug-likeness (QED) is 0.837. The predicted molar refractivity (Wildman–Crippen MR) is 66.7 cm³/mol. The number of hydrogen-bond acceptors (Lipinski definition) is 1. The average Bonchev–Trinajstić information content (AvgIpc) is 2.17. The third-order valence-corrected chi connectivity index (χ3v) is 3.01. The lowest BCUT2D eigenvalue weighted by Crippen LogP contribution is -2.11. The molecule has 0 aliphatic carbocycles. The van der Waals surface area contributed by atoms with Crippen molar-refractivity contribution in [3.8, 4) is 0 Å². The van der Waals surface area contributed by atoms with Gasteiger partial charge in [-0.3, -0.25) is 0 Å². The van der Waals surface area contributed by atoms with Gasteiger partial charge in [0.2, 0.25) is 0 Å². The molecule has 0 radical (unpaired) electrons. The van der Waals surface area contributed by atoms with E-state index >= 15 is 0 Å². The molecule has 0 heterocycles. The molecule has 0 aliphatic heterocycles. The van der Waals surface area contributed by atoms with E-state index in [-0.39, 0.29) is 5.82 Å². The van der Waals surface area contributed by atoms with Crippen molar-refractivity contribution in [3.05, 3.63) is 28.5 Å². The number of rotatable bonds is 5. The van der Waals surface area contributed by atoms with E-state index in [1.807, 2.05) is 0 Å². The van der Waals surface area contributed by atoms with Crippen LogP contribution in [0.4, 0.5) is 10.1 Å². The summed E-state index contributed by atoms with van der Waals surface area (Å²) in [5, 5.41) is 3.31. The Bertz CT molecular complexity index is 314. The minimum atomic E-state index is -0.214. The van der Waals surface area contributed by atoms with Crippen molar-refractivity contribution in [2.24, 2.45) is 5.92 Å². The number of benzene rings is 1. The summed E-state index contributed by atoms with van der Waals surface area (Å²) in [7, 11) is 0. The van der Waals surface area contributed by atoms with E-state index in [0.717, 1.165) is 16.7 Å². The molecular weight excluding hydrogens is 257 g/mol. The minimum absolute atomic E-state index is 0.214. The van der Waals surface area contributed by atoms with E-state index in [2.05, 4.69) is 35.1 Å². The maximum Gasteiger partial charge on any atom is 0.124 e. The zero-order chi connectivity index (χ0) is 11.3. The molecule has 1 nitrogen and oxygen atoms in total. The molecule has 0 fully saturated rings. The first-order chi connectivity index (χ1) is 7.13. The molecule has 84 valence electrons. The third-order valence-electron chi connectivity index (χ3n) is 2.35. The van der Waals surface area contributed by atoms with Crippen molar-refractivity contribution in [2.75, 3.05) is 11.9 Å². The first-order valence-electron chi connectivity index (χ1n) is 5.32. The van der Waals surface area contributed by atoms with Crippen LogP contribution in [0, 0.1) is 11.7 Å². The monoisotopic (exact) mass is 273 g/mol. The first-order valence-corrected chi connectivity index (χ1v) is 6.11. The molecule has 1 rings (SSSR count). The molecule has 0 aromatic heterocycles. The Balaban J connectivity index is 2.50. The largest absolute Gasteiger partial charge is 0.384 e. The zero-order valence-electron chi connectivity index (χ0n) is 9.19. The smallest absolute Gasteiger partial charge is 0.124 e. The van der Waals surface area contributed by atoms with Crippen LogP contribution in [-0.2, 0) is 0 Å². The van der Waals surface area contributed by atoms with Crippen LogP contribution in [0.3, 0.4) is 0 Å². The molecule has 0 amide bonds. The summed E-state index contributed by atoms with van der Waals surface area (Å²) in [4.78, 5) is 0. The second-order valence-corrected chi connectivity index (χ2v) is 4.75. The third kappa shape index (κ3) is 4.20. The SMILES string of the molecule is CCCC(C)CNc1ccc(F)cc1Br. The van der Waals surface area contributed by atoms with E-state index in [1.54, 1.807) is 6.07 Å². The minimum Gasteiger partial charge on any atom is -0.384 e. The Morgan fingerprint density at radius 3 is 2.80 bits per heavy atom. The summed E-state index contributed by atoms with van der Waals surface area (Å²) in [5.74, 6) is 0.431. The normalized spacial score (nSPS) is 12.5. The van der Waals surface area contributed by atoms with Gasteiger partial charge in [0.05, 0.1) is 0 Å². The van der Waals surface area contributed by atoms with Crippen LogP contribution in [0.1, 0.15) is 26.7 Å². The number of hydrogen-bond donors (Lipinski definition) is 1. The summed E-state index contributed by atoms with van der Waals surface area (Å²) in [6, 6.07) is 4.71. The lowest BCUT2D eigenvalue weighted by atomic mass is 10.1. The summed E-state index contributed by atoms with van der Waals surface area (Å²) in [6.45, 7) is 5.33. The summed E-state index contributed by atoms with van der Waals surface area (Å²) >= 11 is 3.33. The molecule has 1 N–H and O–H groups in total. The summed E-state index contributed by atoms with van der Waals surface area (Å²) < 4.78 is 13.6. The van der Waals surface area contributed by atoms with Gasteiger partial charge in [-0.25, -0.2) is 4.39 Å². The number of halogens is 2. The van der Waals surface area contributed by atoms with Crippen molar-refractivity contribution >= 4 is 21.6 Å². The highest BCUT2D eigenvalue weighted by Crippen LogP contribution is 2.23. The lowest BCUT2D eigenvalue weighted by molar-refractivity contribution is 0.550. The maximum atomic E-state index is 12.8. The van der Waals surface area contributed by atoms with Gasteiger partial charge in [-0.2, -0.15) is 0 Å². The predicted octanol–water partition coefficient (Wildman–Crippen LogP) is 4.44. The van der Waals surface area contributed by atoms with Crippen molar-refractivity contribution in [2.45, 2.75) is 26.7 Å². The van der Waals surface area contributed by atoms with Crippen molar-refractivity contribution in [1.29, 1.82) is 0 Å². The van der Waals surface area contributed by atoms with Gasteiger partial charge in [0.25, 0.3) is 0 Å². The molecule has 0 bridgehead atoms. The maximum absolute atomic E-state index is 12.8. The van der Waals surface area contributed by atoms with E-state index in [1.165, 1.54) is 25.0 Å². The lowest BCUT2D eigenvalue weighted by Gasteiger charge is -2.13. The highest BCUT2D eigenvalue weighted by molar-refractivity contribution is 9.10. The van der Waals surface area contributed by atoms with Gasteiger partial charge >= 0.3 is 0 Å². The fourth-order valence-electron chi connectivity index (χ4n) is 1.51. The molecule has 0 saturated carbocycles. The Kier molecular flexibility index (Phi) is 5.09. The van der Waals surface area contributed by atoms with Gasteiger partial charge in [-0.05, 0) is 46.5 Å². The van der Waals surface area contributed by atoms with Crippen LogP contribution >= 0.6 is 15.9 Å². The van der Waals surface area contributed by atoms with Crippen LogP contribution in [0.25, 0.3) is 0 Å². The standard InChI is InChI=1S/C12H17BrFN/c1-3-4-9(2)8-15-12-6-5-10(14)7-11(12)13/h5-7,9,15H,3-4,8H2,1-2H3. The van der Waals surface area contributed by atoms with Crippen molar-refractivity contribution in [3.63, 3.8) is 0 Å². The van der Waals surface area contributed by atoms with Gasteiger partial charge in [0.1, 0.15) is 5.82 Å². The fourth-order valence-corrected chi connectivity index (χ4v) is 2.00. The van der Waals surface area contributed by atoms with E-state index < -0.39 is 0 Å². The Hall–Kier alpha value is -0.570. The molecule has 1 aromatic rings. The van der Waals surface area contributed by atoms with E-state index in [4.69, 9.17) is 0 Å². The second-order valence-electron chi connectivity index (χ2n) is 3.90. The second kappa shape index (κ2) is 6.11. The molecule has 0 spiro atoms. The highest BCUT2D eigenvalue weighted by Gasteiger charge is 2.03. The highest BCUT2D eigenvalue weighted by atomic mass is 79.9.